The lowest BCUT2D eigenvalue weighted by Gasteiger charge is -2.18. The van der Waals surface area contributed by atoms with Crippen LogP contribution in [-0.4, -0.2) is 37.2 Å². The number of ether oxygens (including phenoxy) is 3. The van der Waals surface area contributed by atoms with E-state index in [2.05, 4.69) is 118 Å². The Morgan fingerprint density at radius 2 is 0.547 bits per heavy atom. The highest BCUT2D eigenvalue weighted by Gasteiger charge is 2.19. The van der Waals surface area contributed by atoms with Crippen LogP contribution < -0.4 is 0 Å². The number of carbonyl (C=O) groups excluding carboxylic acids is 3. The molecular weight excluding hydrogens is 925 g/mol. The van der Waals surface area contributed by atoms with Crippen LogP contribution in [0.1, 0.15) is 303 Å². The molecule has 6 nitrogen and oxygen atoms in total. The van der Waals surface area contributed by atoms with E-state index in [0.717, 1.165) is 128 Å². The molecular formula is C69H118O6. The summed E-state index contributed by atoms with van der Waals surface area (Å²) in [6.45, 7) is 6.43. The van der Waals surface area contributed by atoms with Gasteiger partial charge in [0.25, 0.3) is 0 Å². The van der Waals surface area contributed by atoms with Crippen molar-refractivity contribution >= 4 is 17.9 Å². The molecule has 0 heterocycles. The normalized spacial score (nSPS) is 12.7. The van der Waals surface area contributed by atoms with E-state index in [1.165, 1.54) is 135 Å². The number of unbranched alkanes of at least 4 members (excludes halogenated alkanes) is 30. The molecule has 0 rings (SSSR count). The average Bonchev–Trinajstić information content (AvgIpc) is 3.41. The number of hydrogen-bond acceptors (Lipinski definition) is 6. The van der Waals surface area contributed by atoms with E-state index < -0.39 is 6.10 Å². The Kier molecular flexibility index (Phi) is 59.8. The minimum atomic E-state index is -0.799. The van der Waals surface area contributed by atoms with Crippen molar-refractivity contribution in [1.29, 1.82) is 0 Å². The van der Waals surface area contributed by atoms with Crippen molar-refractivity contribution in [3.05, 3.63) is 97.2 Å². The number of esters is 3. The first-order chi connectivity index (χ1) is 37.0. The summed E-state index contributed by atoms with van der Waals surface area (Å²) in [7, 11) is 0. The second-order valence-electron chi connectivity index (χ2n) is 20.9. The molecule has 0 aromatic rings. The van der Waals surface area contributed by atoms with E-state index in [-0.39, 0.29) is 37.5 Å². The van der Waals surface area contributed by atoms with Gasteiger partial charge in [-0.1, -0.05) is 266 Å². The van der Waals surface area contributed by atoms with Gasteiger partial charge in [0.1, 0.15) is 13.2 Å². The zero-order chi connectivity index (χ0) is 54.3. The molecule has 0 aliphatic carbocycles. The topological polar surface area (TPSA) is 78.9 Å². The summed E-state index contributed by atoms with van der Waals surface area (Å²) >= 11 is 0. The summed E-state index contributed by atoms with van der Waals surface area (Å²) < 4.78 is 16.8. The van der Waals surface area contributed by atoms with Crippen LogP contribution in [0.15, 0.2) is 97.2 Å². The molecule has 0 saturated carbocycles. The van der Waals surface area contributed by atoms with E-state index in [1.54, 1.807) is 0 Å². The lowest BCUT2D eigenvalue weighted by atomic mass is 10.0. The molecule has 75 heavy (non-hydrogen) atoms. The Morgan fingerprint density at radius 3 is 0.880 bits per heavy atom. The van der Waals surface area contributed by atoms with Crippen LogP contribution in [0.2, 0.25) is 0 Å². The third kappa shape index (κ3) is 61.1. The summed E-state index contributed by atoms with van der Waals surface area (Å²) in [6, 6.07) is 0. The second-order valence-corrected chi connectivity index (χ2v) is 20.9. The van der Waals surface area contributed by atoms with Crippen molar-refractivity contribution in [3.8, 4) is 0 Å². The van der Waals surface area contributed by atoms with Gasteiger partial charge < -0.3 is 14.2 Å². The maximum Gasteiger partial charge on any atom is 0.306 e. The zero-order valence-electron chi connectivity index (χ0n) is 49.3. The van der Waals surface area contributed by atoms with Crippen molar-refractivity contribution < 1.29 is 28.6 Å². The van der Waals surface area contributed by atoms with E-state index in [1.807, 2.05) is 0 Å². The smallest absolute Gasteiger partial charge is 0.306 e. The fraction of sp³-hybridized carbons (Fsp3) is 0.725. The van der Waals surface area contributed by atoms with E-state index in [9.17, 15) is 14.4 Å². The van der Waals surface area contributed by atoms with Gasteiger partial charge in [-0.05, 0) is 116 Å². The van der Waals surface area contributed by atoms with Gasteiger partial charge in [0, 0.05) is 19.3 Å². The lowest BCUT2D eigenvalue weighted by molar-refractivity contribution is -0.167. The average molecular weight is 1040 g/mol. The molecule has 430 valence electrons. The van der Waals surface area contributed by atoms with Crippen LogP contribution in [0.3, 0.4) is 0 Å². The van der Waals surface area contributed by atoms with Crippen LogP contribution in [0.25, 0.3) is 0 Å². The summed E-state index contributed by atoms with van der Waals surface area (Å²) in [6.07, 6.45) is 84.3. The van der Waals surface area contributed by atoms with Gasteiger partial charge in [0.2, 0.25) is 0 Å². The molecule has 6 heteroatoms. The Hall–Kier alpha value is -3.67. The maximum atomic E-state index is 12.8. The molecule has 0 spiro atoms. The number of hydrogen-bond donors (Lipinski definition) is 0. The van der Waals surface area contributed by atoms with Crippen LogP contribution in [0.5, 0.6) is 0 Å². The summed E-state index contributed by atoms with van der Waals surface area (Å²) in [5, 5.41) is 0. The third-order valence-electron chi connectivity index (χ3n) is 13.5. The van der Waals surface area contributed by atoms with Crippen LogP contribution in [0, 0.1) is 0 Å². The van der Waals surface area contributed by atoms with Crippen LogP contribution >= 0.6 is 0 Å². The Morgan fingerprint density at radius 1 is 0.280 bits per heavy atom. The predicted molar refractivity (Wildman–Crippen MR) is 325 cm³/mol. The molecule has 0 amide bonds. The van der Waals surface area contributed by atoms with Crippen molar-refractivity contribution in [1.82, 2.24) is 0 Å². The summed E-state index contributed by atoms with van der Waals surface area (Å²) in [5.41, 5.74) is 0. The van der Waals surface area contributed by atoms with Crippen molar-refractivity contribution in [2.75, 3.05) is 13.2 Å². The molecule has 0 aromatic heterocycles. The van der Waals surface area contributed by atoms with Gasteiger partial charge in [-0.2, -0.15) is 0 Å². The number of carbonyl (C=O) groups is 3. The molecule has 0 radical (unpaired) electrons. The fourth-order valence-electron chi connectivity index (χ4n) is 8.80. The maximum absolute atomic E-state index is 12.8. The predicted octanol–water partition coefficient (Wildman–Crippen LogP) is 21.7. The monoisotopic (exact) mass is 1040 g/mol. The minimum Gasteiger partial charge on any atom is -0.462 e. The summed E-state index contributed by atoms with van der Waals surface area (Å²) in [4.78, 5) is 38.2. The first-order valence-corrected chi connectivity index (χ1v) is 31.7. The molecule has 0 aliphatic heterocycles. The van der Waals surface area contributed by atoms with Gasteiger partial charge in [-0.15, -0.1) is 0 Å². The number of rotatable bonds is 57. The second kappa shape index (κ2) is 62.9. The van der Waals surface area contributed by atoms with E-state index >= 15 is 0 Å². The molecule has 1 atom stereocenters. The van der Waals surface area contributed by atoms with Gasteiger partial charge in [-0.25, -0.2) is 0 Å². The largest absolute Gasteiger partial charge is 0.462 e. The molecule has 0 saturated heterocycles. The van der Waals surface area contributed by atoms with Gasteiger partial charge >= 0.3 is 17.9 Å². The Balaban J connectivity index is 4.17. The minimum absolute atomic E-state index is 0.0930. The summed E-state index contributed by atoms with van der Waals surface area (Å²) in [5.74, 6) is -0.932. The quantitative estimate of drug-likeness (QED) is 0.0261. The highest BCUT2D eigenvalue weighted by molar-refractivity contribution is 5.71. The number of allylic oxidation sites excluding steroid dienone is 16. The van der Waals surface area contributed by atoms with Gasteiger partial charge in [0.15, 0.2) is 6.10 Å². The standard InChI is InChI=1S/C69H118O6/c1-4-7-10-13-16-19-22-25-26-27-28-29-30-31-32-33-34-35-36-37-38-39-40-41-42-45-47-50-53-56-59-62-68(71)74-65-66(75-69(72)63-60-57-54-51-48-44-24-21-18-15-12-9-6-3)64-73-67(70)61-58-55-52-49-46-43-23-20-17-14-11-8-5-2/h9,11-12,14,18,20-23,25,27-28,30-31,44,48,66H,4-8,10,13,15-17,19,24,26,29,32-43,45-47,49-65H2,1-3H3/b12-9-,14-11-,21-18-,23-20-,25-22-,28-27-,31-30-,48-44-. The van der Waals surface area contributed by atoms with E-state index in [0.29, 0.717) is 12.8 Å². The van der Waals surface area contributed by atoms with E-state index in [4.69, 9.17) is 14.2 Å². The first-order valence-electron chi connectivity index (χ1n) is 31.7. The van der Waals surface area contributed by atoms with Crippen molar-refractivity contribution in [2.45, 2.75) is 309 Å². The Labute approximate surface area is 464 Å². The SMILES string of the molecule is CC/C=C\C/C=C\C/C=C\CCCCCC(=O)OC(COC(=O)CCCCCCC/C=C\C/C=C\CCC)COC(=O)CCCCCCCCCCCCCCCCCC/C=C\C/C=C\C/C=C\CCCCCCC. The van der Waals surface area contributed by atoms with Crippen LogP contribution in [-0.2, 0) is 28.6 Å². The van der Waals surface area contributed by atoms with Crippen LogP contribution in [0.4, 0.5) is 0 Å². The molecule has 1 unspecified atom stereocenters. The Bertz CT molecular complexity index is 1480. The fourth-order valence-corrected chi connectivity index (χ4v) is 8.80. The third-order valence-corrected chi connectivity index (χ3v) is 13.5. The molecule has 0 N–H and O–H groups in total. The molecule has 0 aliphatic rings. The molecule has 0 aromatic carbocycles. The highest BCUT2D eigenvalue weighted by Crippen LogP contribution is 2.16. The van der Waals surface area contributed by atoms with Crippen molar-refractivity contribution in [3.63, 3.8) is 0 Å². The molecule has 0 bridgehead atoms. The van der Waals surface area contributed by atoms with Crippen molar-refractivity contribution in [2.24, 2.45) is 0 Å². The zero-order valence-corrected chi connectivity index (χ0v) is 49.3. The molecule has 0 fully saturated rings. The highest BCUT2D eigenvalue weighted by atomic mass is 16.6. The van der Waals surface area contributed by atoms with Gasteiger partial charge in [-0.3, -0.25) is 14.4 Å². The first kappa shape index (κ1) is 71.3. The van der Waals surface area contributed by atoms with Gasteiger partial charge in [0.05, 0.1) is 0 Å². The lowest BCUT2D eigenvalue weighted by Crippen LogP contribution is -2.30.